The summed E-state index contributed by atoms with van der Waals surface area (Å²) in [5, 5.41) is 3.61. The molecule has 0 unspecified atom stereocenters. The Morgan fingerprint density at radius 1 is 0.435 bits per heavy atom. The summed E-state index contributed by atoms with van der Waals surface area (Å²) in [5.74, 6) is 1.94. The van der Waals surface area contributed by atoms with Gasteiger partial charge < -0.3 is 9.55 Å². The topological polar surface area (TPSA) is 59.4 Å². The van der Waals surface area contributed by atoms with Crippen LogP contribution < -0.4 is 0 Å². The summed E-state index contributed by atoms with van der Waals surface area (Å²) in [4.78, 5) is 18.4. The molecule has 0 saturated carbocycles. The van der Waals surface area contributed by atoms with Crippen LogP contribution in [-0.4, -0.2) is 24.5 Å². The van der Waals surface area contributed by atoms with Crippen LogP contribution >= 0.6 is 0 Å². The molecule has 5 nitrogen and oxygen atoms in total. The molecule has 6 aromatic carbocycles. The molecule has 3 heterocycles. The number of fused-ring (bicyclic) bond motifs is 5. The van der Waals surface area contributed by atoms with E-state index in [1.165, 1.54) is 27.2 Å². The number of benzene rings is 6. The maximum absolute atomic E-state index is 4.98. The lowest BCUT2D eigenvalue weighted by molar-refractivity contribution is 1.07. The molecular weight excluding hydrogens is 562 g/mol. The molecule has 1 N–H and O–H groups in total. The average molecular weight is 590 g/mol. The van der Waals surface area contributed by atoms with Crippen molar-refractivity contribution in [1.29, 1.82) is 0 Å². The Balaban J connectivity index is 1.26. The minimum atomic E-state index is 0.638. The predicted molar refractivity (Wildman–Crippen MR) is 188 cm³/mol. The van der Waals surface area contributed by atoms with E-state index in [0.29, 0.717) is 17.5 Å². The zero-order chi connectivity index (χ0) is 30.5. The molecule has 0 radical (unpaired) electrons. The van der Waals surface area contributed by atoms with Gasteiger partial charge in [-0.15, -0.1) is 0 Å². The Labute approximate surface area is 265 Å². The van der Waals surface area contributed by atoms with Crippen LogP contribution in [0, 0.1) is 0 Å². The van der Waals surface area contributed by atoms with E-state index in [1.807, 2.05) is 66.9 Å². The second-order valence-corrected chi connectivity index (χ2v) is 11.4. The summed E-state index contributed by atoms with van der Waals surface area (Å²) >= 11 is 0. The number of H-pyrrole nitrogens is 1. The highest BCUT2D eigenvalue weighted by molar-refractivity contribution is 6.21. The van der Waals surface area contributed by atoms with Gasteiger partial charge in [-0.25, -0.2) is 15.0 Å². The van der Waals surface area contributed by atoms with Crippen molar-refractivity contribution in [2.24, 2.45) is 0 Å². The number of hydrogen-bond donors (Lipinski definition) is 1. The Hall–Kier alpha value is -6.33. The van der Waals surface area contributed by atoms with Crippen LogP contribution in [-0.2, 0) is 0 Å². The van der Waals surface area contributed by atoms with Gasteiger partial charge in [0.25, 0.3) is 0 Å². The zero-order valence-electron chi connectivity index (χ0n) is 24.8. The Bertz CT molecular complexity index is 2460. The summed E-state index contributed by atoms with van der Waals surface area (Å²) < 4.78 is 2.38. The van der Waals surface area contributed by atoms with Crippen molar-refractivity contribution >= 4 is 32.7 Å². The van der Waals surface area contributed by atoms with Gasteiger partial charge in [-0.2, -0.15) is 0 Å². The highest BCUT2D eigenvalue weighted by atomic mass is 15.0. The number of aromatic nitrogens is 5. The minimum Gasteiger partial charge on any atom is -0.361 e. The van der Waals surface area contributed by atoms with E-state index >= 15 is 0 Å². The van der Waals surface area contributed by atoms with Gasteiger partial charge in [-0.3, -0.25) is 0 Å². The van der Waals surface area contributed by atoms with Crippen LogP contribution in [0.1, 0.15) is 0 Å². The predicted octanol–water partition coefficient (Wildman–Crippen LogP) is 10.1. The molecule has 0 bridgehead atoms. The highest BCUT2D eigenvalue weighted by Gasteiger charge is 2.19. The second-order valence-electron chi connectivity index (χ2n) is 11.4. The Morgan fingerprint density at radius 3 is 1.70 bits per heavy atom. The van der Waals surface area contributed by atoms with Crippen molar-refractivity contribution in [2.45, 2.75) is 0 Å². The first-order valence-corrected chi connectivity index (χ1v) is 15.4. The molecule has 0 aliphatic carbocycles. The van der Waals surface area contributed by atoms with Gasteiger partial charge in [0.1, 0.15) is 0 Å². The SMILES string of the molecule is c1ccc(-c2nc(-c3ccccc3)nc(-c3cccc(-c4cc5c6ccccc6n(-c6ccccc6)c5c5cc[nH]c45)c3)n2)cc1. The summed E-state index contributed by atoms with van der Waals surface area (Å²) in [7, 11) is 0. The molecule has 46 heavy (non-hydrogen) atoms. The van der Waals surface area contributed by atoms with E-state index in [1.54, 1.807) is 0 Å². The quantitative estimate of drug-likeness (QED) is 0.217. The molecule has 216 valence electrons. The monoisotopic (exact) mass is 589 g/mol. The van der Waals surface area contributed by atoms with E-state index in [4.69, 9.17) is 15.0 Å². The van der Waals surface area contributed by atoms with Gasteiger partial charge in [0, 0.05) is 50.3 Å². The highest BCUT2D eigenvalue weighted by Crippen LogP contribution is 2.41. The van der Waals surface area contributed by atoms with E-state index in [9.17, 15) is 0 Å². The van der Waals surface area contributed by atoms with E-state index in [0.717, 1.165) is 39.0 Å². The summed E-state index contributed by atoms with van der Waals surface area (Å²) in [6, 6.07) is 52.5. The number of aromatic amines is 1. The summed E-state index contributed by atoms with van der Waals surface area (Å²) in [5.41, 5.74) is 9.67. The van der Waals surface area contributed by atoms with Crippen LogP contribution in [0.3, 0.4) is 0 Å². The molecule has 0 fully saturated rings. The van der Waals surface area contributed by atoms with Crippen LogP contribution in [0.4, 0.5) is 0 Å². The van der Waals surface area contributed by atoms with Crippen LogP contribution in [0.5, 0.6) is 0 Å². The zero-order valence-corrected chi connectivity index (χ0v) is 24.8. The third-order valence-corrected chi connectivity index (χ3v) is 8.62. The van der Waals surface area contributed by atoms with Crippen molar-refractivity contribution in [3.8, 4) is 51.0 Å². The average Bonchev–Trinajstić information content (AvgIpc) is 3.76. The van der Waals surface area contributed by atoms with E-state index < -0.39 is 0 Å². The third kappa shape index (κ3) is 4.29. The maximum Gasteiger partial charge on any atom is 0.164 e. The van der Waals surface area contributed by atoms with E-state index in [2.05, 4.69) is 101 Å². The molecule has 0 aliphatic rings. The van der Waals surface area contributed by atoms with Gasteiger partial charge in [0.15, 0.2) is 17.5 Å². The number of nitrogens with one attached hydrogen (secondary N) is 1. The smallest absolute Gasteiger partial charge is 0.164 e. The molecule has 0 saturated heterocycles. The largest absolute Gasteiger partial charge is 0.361 e. The van der Waals surface area contributed by atoms with Gasteiger partial charge in [-0.05, 0) is 42.0 Å². The van der Waals surface area contributed by atoms with Crippen molar-refractivity contribution in [1.82, 2.24) is 24.5 Å². The number of nitrogens with zero attached hydrogens (tertiary/aromatic N) is 4. The Kier molecular flexibility index (Phi) is 6.06. The van der Waals surface area contributed by atoms with Gasteiger partial charge in [0.2, 0.25) is 0 Å². The first kappa shape index (κ1) is 26.1. The normalized spacial score (nSPS) is 11.5. The van der Waals surface area contributed by atoms with Crippen LogP contribution in [0.2, 0.25) is 0 Å². The second kappa shape index (κ2) is 10.7. The molecule has 5 heteroatoms. The first-order chi connectivity index (χ1) is 22.8. The lowest BCUT2D eigenvalue weighted by atomic mass is 9.98. The molecule has 9 aromatic rings. The number of rotatable bonds is 5. The number of hydrogen-bond acceptors (Lipinski definition) is 3. The molecule has 0 aliphatic heterocycles. The molecule has 0 atom stereocenters. The lowest BCUT2D eigenvalue weighted by Crippen LogP contribution is -2.00. The van der Waals surface area contributed by atoms with Gasteiger partial charge in [-0.1, -0.05) is 115 Å². The maximum atomic E-state index is 4.98. The fraction of sp³-hybridized carbons (Fsp3) is 0. The molecule has 3 aromatic heterocycles. The summed E-state index contributed by atoms with van der Waals surface area (Å²) in [6.45, 7) is 0. The van der Waals surface area contributed by atoms with Crippen molar-refractivity contribution in [2.75, 3.05) is 0 Å². The van der Waals surface area contributed by atoms with Crippen molar-refractivity contribution < 1.29 is 0 Å². The van der Waals surface area contributed by atoms with Crippen molar-refractivity contribution in [3.05, 3.63) is 158 Å². The number of para-hydroxylation sites is 2. The summed E-state index contributed by atoms with van der Waals surface area (Å²) in [6.07, 6.45) is 2.04. The fourth-order valence-electron chi connectivity index (χ4n) is 6.52. The molecule has 0 spiro atoms. The van der Waals surface area contributed by atoms with Gasteiger partial charge >= 0.3 is 0 Å². The van der Waals surface area contributed by atoms with Crippen LogP contribution in [0.15, 0.2) is 158 Å². The molecular formula is C41H27N5. The minimum absolute atomic E-state index is 0.638. The standard InChI is InChI=1S/C41H27N5/c1-4-13-27(14-5-1)39-43-40(28-15-6-2-7-16-28)45-41(44-39)30-18-12-17-29(25-30)34-26-35-32-21-10-11-22-36(32)46(31-19-8-3-9-20-31)38(35)33-23-24-42-37(33)34/h1-26,42H. The van der Waals surface area contributed by atoms with Crippen molar-refractivity contribution in [3.63, 3.8) is 0 Å². The molecule has 0 amide bonds. The Morgan fingerprint density at radius 2 is 1.00 bits per heavy atom. The van der Waals surface area contributed by atoms with Gasteiger partial charge in [0.05, 0.1) is 16.6 Å². The van der Waals surface area contributed by atoms with Crippen LogP contribution in [0.25, 0.3) is 83.7 Å². The lowest BCUT2D eigenvalue weighted by Gasteiger charge is -2.12. The molecule has 9 rings (SSSR count). The fourth-order valence-corrected chi connectivity index (χ4v) is 6.52. The third-order valence-electron chi connectivity index (χ3n) is 8.62. The van der Waals surface area contributed by atoms with E-state index in [-0.39, 0.29) is 0 Å². The first-order valence-electron chi connectivity index (χ1n) is 15.4.